The van der Waals surface area contributed by atoms with Gasteiger partial charge >= 0.3 is 0 Å². The number of thiophene rings is 1. The number of fused-ring (bicyclic) bond motifs is 1. The molecule has 2 heterocycles. The Balaban J connectivity index is 1.62. The second-order valence-corrected chi connectivity index (χ2v) is 6.01. The molecular formula is C13H15N3O3S. The van der Waals surface area contributed by atoms with E-state index in [1.165, 1.54) is 22.2 Å². The molecule has 20 heavy (non-hydrogen) atoms. The first kappa shape index (κ1) is 13.3. The van der Waals surface area contributed by atoms with E-state index in [-0.39, 0.29) is 24.1 Å². The normalized spacial score (nSPS) is 21.6. The van der Waals surface area contributed by atoms with Gasteiger partial charge in [0.15, 0.2) is 0 Å². The van der Waals surface area contributed by atoms with Crippen molar-refractivity contribution in [2.24, 2.45) is 5.92 Å². The molecule has 3 rings (SSSR count). The van der Waals surface area contributed by atoms with Crippen molar-refractivity contribution in [3.63, 3.8) is 0 Å². The molecule has 2 aromatic rings. The van der Waals surface area contributed by atoms with E-state index in [1.54, 1.807) is 6.07 Å². The van der Waals surface area contributed by atoms with E-state index in [2.05, 4.69) is 10.3 Å². The molecule has 1 aliphatic carbocycles. The maximum absolute atomic E-state index is 12.1. The van der Waals surface area contributed by atoms with Gasteiger partial charge in [-0.2, -0.15) is 0 Å². The van der Waals surface area contributed by atoms with Crippen LogP contribution in [0.2, 0.25) is 0 Å². The van der Waals surface area contributed by atoms with Crippen LogP contribution in [-0.4, -0.2) is 33.2 Å². The largest absolute Gasteiger partial charge is 0.393 e. The predicted molar refractivity (Wildman–Crippen MR) is 75.6 cm³/mol. The van der Waals surface area contributed by atoms with Gasteiger partial charge < -0.3 is 10.4 Å². The molecule has 6 nitrogen and oxygen atoms in total. The van der Waals surface area contributed by atoms with Crippen molar-refractivity contribution in [2.45, 2.75) is 25.5 Å². The molecule has 0 unspecified atom stereocenters. The number of aliphatic hydroxyl groups is 1. The van der Waals surface area contributed by atoms with E-state index < -0.39 is 0 Å². The highest BCUT2D eigenvalue weighted by Crippen LogP contribution is 2.25. The van der Waals surface area contributed by atoms with Crippen LogP contribution in [0.5, 0.6) is 0 Å². The fourth-order valence-electron chi connectivity index (χ4n) is 2.34. The Hall–Kier alpha value is -1.73. The molecule has 1 aliphatic rings. The molecule has 0 atom stereocenters. The monoisotopic (exact) mass is 293 g/mol. The molecular weight excluding hydrogens is 278 g/mol. The van der Waals surface area contributed by atoms with Crippen LogP contribution in [0.4, 0.5) is 0 Å². The van der Waals surface area contributed by atoms with E-state index in [0.717, 1.165) is 12.8 Å². The minimum absolute atomic E-state index is 0.0209. The summed E-state index contributed by atoms with van der Waals surface area (Å²) in [6.07, 6.45) is 2.67. The summed E-state index contributed by atoms with van der Waals surface area (Å²) in [5.74, 6) is 0.146. The summed E-state index contributed by atoms with van der Waals surface area (Å²) in [5.41, 5.74) is -0.189. The van der Waals surface area contributed by atoms with E-state index in [0.29, 0.717) is 22.7 Å². The van der Waals surface area contributed by atoms with Gasteiger partial charge in [-0.3, -0.25) is 14.2 Å². The van der Waals surface area contributed by atoms with Crippen molar-refractivity contribution in [3.8, 4) is 0 Å². The van der Waals surface area contributed by atoms with Crippen LogP contribution in [0.15, 0.2) is 22.6 Å². The lowest BCUT2D eigenvalue weighted by molar-refractivity contribution is -0.122. The number of carbonyl (C=O) groups is 1. The lowest BCUT2D eigenvalue weighted by Crippen LogP contribution is -2.40. The highest BCUT2D eigenvalue weighted by atomic mass is 32.1. The van der Waals surface area contributed by atoms with Gasteiger partial charge in [-0.1, -0.05) is 0 Å². The summed E-state index contributed by atoms with van der Waals surface area (Å²) >= 11 is 1.41. The molecule has 0 aliphatic heterocycles. The Bertz CT molecular complexity index is 687. The van der Waals surface area contributed by atoms with Crippen molar-refractivity contribution in [3.05, 3.63) is 28.1 Å². The zero-order valence-electron chi connectivity index (χ0n) is 10.8. The van der Waals surface area contributed by atoms with Gasteiger partial charge in [0.05, 0.1) is 17.8 Å². The third kappa shape index (κ3) is 2.59. The Kier molecular flexibility index (Phi) is 3.54. The number of hydrogen-bond acceptors (Lipinski definition) is 5. The van der Waals surface area contributed by atoms with E-state index >= 15 is 0 Å². The Morgan fingerprint density at radius 2 is 2.35 bits per heavy atom. The molecule has 2 N–H and O–H groups in total. The molecule has 7 heteroatoms. The number of aromatic nitrogens is 2. The average Bonchev–Trinajstić information content (AvgIpc) is 2.86. The molecule has 1 saturated carbocycles. The highest BCUT2D eigenvalue weighted by molar-refractivity contribution is 7.16. The van der Waals surface area contributed by atoms with Crippen LogP contribution in [-0.2, 0) is 11.3 Å². The summed E-state index contributed by atoms with van der Waals surface area (Å²) < 4.78 is 1.32. The van der Waals surface area contributed by atoms with Gasteiger partial charge in [-0.15, -0.1) is 11.3 Å². The Labute approximate surface area is 119 Å². The second-order valence-electron chi connectivity index (χ2n) is 5.11. The summed E-state index contributed by atoms with van der Waals surface area (Å²) in [6.45, 7) is 0.533. The first-order chi connectivity index (χ1) is 9.63. The molecule has 0 saturated heterocycles. The van der Waals surface area contributed by atoms with Crippen LogP contribution in [0, 0.1) is 5.92 Å². The second kappa shape index (κ2) is 5.34. The minimum atomic E-state index is -0.218. The van der Waals surface area contributed by atoms with Crippen LogP contribution in [0.25, 0.3) is 10.2 Å². The molecule has 106 valence electrons. The zero-order valence-corrected chi connectivity index (χ0v) is 11.6. The number of rotatable bonds is 4. The first-order valence-corrected chi connectivity index (χ1v) is 7.39. The maximum atomic E-state index is 12.1. The van der Waals surface area contributed by atoms with Crippen LogP contribution in [0.3, 0.4) is 0 Å². The Morgan fingerprint density at radius 3 is 3.10 bits per heavy atom. The minimum Gasteiger partial charge on any atom is -0.393 e. The molecule has 0 aromatic carbocycles. The van der Waals surface area contributed by atoms with E-state index in [9.17, 15) is 9.59 Å². The number of amides is 1. The molecule has 0 radical (unpaired) electrons. The van der Waals surface area contributed by atoms with Crippen molar-refractivity contribution in [1.82, 2.24) is 14.9 Å². The first-order valence-electron chi connectivity index (χ1n) is 6.51. The van der Waals surface area contributed by atoms with Crippen LogP contribution in [0.1, 0.15) is 12.8 Å². The topological polar surface area (TPSA) is 84.2 Å². The molecule has 0 bridgehead atoms. The quantitative estimate of drug-likeness (QED) is 0.851. The fourth-order valence-corrected chi connectivity index (χ4v) is 3.07. The summed E-state index contributed by atoms with van der Waals surface area (Å²) in [6, 6.07) is 1.72. The average molecular weight is 293 g/mol. The van der Waals surface area contributed by atoms with Crippen LogP contribution < -0.4 is 10.9 Å². The SMILES string of the molecule is O=C(Cn1cnc2sccc2c1=O)NCC1CC(O)C1. The van der Waals surface area contributed by atoms with Gasteiger partial charge in [0.2, 0.25) is 5.91 Å². The molecule has 1 fully saturated rings. The van der Waals surface area contributed by atoms with Crippen molar-refractivity contribution in [1.29, 1.82) is 0 Å². The van der Waals surface area contributed by atoms with Crippen molar-refractivity contribution < 1.29 is 9.90 Å². The van der Waals surface area contributed by atoms with Gasteiger partial charge in [-0.25, -0.2) is 4.98 Å². The zero-order chi connectivity index (χ0) is 14.1. The van der Waals surface area contributed by atoms with Gasteiger partial charge in [0.25, 0.3) is 5.56 Å². The third-order valence-corrected chi connectivity index (χ3v) is 4.38. The van der Waals surface area contributed by atoms with Crippen LogP contribution >= 0.6 is 11.3 Å². The lowest BCUT2D eigenvalue weighted by atomic mass is 9.82. The van der Waals surface area contributed by atoms with Gasteiger partial charge in [-0.05, 0) is 30.2 Å². The van der Waals surface area contributed by atoms with Crippen molar-refractivity contribution in [2.75, 3.05) is 6.54 Å². The lowest BCUT2D eigenvalue weighted by Gasteiger charge is -2.31. The van der Waals surface area contributed by atoms with E-state index in [1.807, 2.05) is 5.38 Å². The third-order valence-electron chi connectivity index (χ3n) is 3.56. The maximum Gasteiger partial charge on any atom is 0.262 e. The summed E-state index contributed by atoms with van der Waals surface area (Å²) in [7, 11) is 0. The summed E-state index contributed by atoms with van der Waals surface area (Å²) in [4.78, 5) is 28.7. The van der Waals surface area contributed by atoms with Gasteiger partial charge in [0, 0.05) is 6.54 Å². The Morgan fingerprint density at radius 1 is 1.55 bits per heavy atom. The highest BCUT2D eigenvalue weighted by Gasteiger charge is 2.27. The van der Waals surface area contributed by atoms with E-state index in [4.69, 9.17) is 5.11 Å². The number of aliphatic hydroxyl groups excluding tert-OH is 1. The molecule has 0 spiro atoms. The van der Waals surface area contributed by atoms with Crippen molar-refractivity contribution >= 4 is 27.5 Å². The smallest absolute Gasteiger partial charge is 0.262 e. The fraction of sp³-hybridized carbons (Fsp3) is 0.462. The number of hydrogen-bond donors (Lipinski definition) is 2. The summed E-state index contributed by atoms with van der Waals surface area (Å²) in [5, 5.41) is 14.3. The molecule has 2 aromatic heterocycles. The number of carbonyl (C=O) groups excluding carboxylic acids is 1. The number of nitrogens with one attached hydrogen (secondary N) is 1. The standard InChI is InChI=1S/C13H15N3O3S/c17-9-3-8(4-9)5-14-11(18)6-16-7-15-12-10(13(16)19)1-2-20-12/h1-2,7-9,17H,3-6H2,(H,14,18). The number of nitrogens with zero attached hydrogens (tertiary/aromatic N) is 2. The molecule has 1 amide bonds. The van der Waals surface area contributed by atoms with Gasteiger partial charge in [0.1, 0.15) is 11.4 Å². The predicted octanol–water partition coefficient (Wildman–Crippen LogP) is 0.345.